The smallest absolute Gasteiger partial charge is 0.376 e. The summed E-state index contributed by atoms with van der Waals surface area (Å²) in [6.45, 7) is -0.586. The zero-order chi connectivity index (χ0) is 30.3. The SMILES string of the molecule is CON=C(C(=O)NC1C(=O)N2CC(CSc3nc(N)cc4n3nc(N)[n+]4CC(=O)O)(C(=O)O)CS[C@H]12)c1csc(N)n1. The summed E-state index contributed by atoms with van der Waals surface area (Å²) >= 11 is 3.36. The molecule has 0 aromatic carbocycles. The minimum atomic E-state index is -1.38. The third-order valence-electron chi connectivity index (χ3n) is 6.47. The molecule has 0 aliphatic carbocycles. The number of rotatable bonds is 10. The number of amides is 2. The molecule has 42 heavy (non-hydrogen) atoms. The molecule has 5 heterocycles. The lowest BCUT2D eigenvalue weighted by atomic mass is 9.89. The number of nitrogens with two attached hydrogens (primary N) is 3. The number of aromatic nitrogens is 5. The van der Waals surface area contributed by atoms with E-state index in [-0.39, 0.29) is 57.2 Å². The van der Waals surface area contributed by atoms with Crippen LogP contribution in [0.1, 0.15) is 5.69 Å². The van der Waals surface area contributed by atoms with Crippen LogP contribution in [0.2, 0.25) is 0 Å². The van der Waals surface area contributed by atoms with Crippen LogP contribution in [0.15, 0.2) is 21.8 Å². The zero-order valence-electron chi connectivity index (χ0n) is 21.7. The molecule has 3 aromatic rings. The lowest BCUT2D eigenvalue weighted by Crippen LogP contribution is -2.74. The van der Waals surface area contributed by atoms with E-state index in [0.717, 1.165) is 23.1 Å². The van der Waals surface area contributed by atoms with Crippen molar-refractivity contribution in [1.29, 1.82) is 0 Å². The molecule has 2 aliphatic rings. The van der Waals surface area contributed by atoms with Crippen molar-refractivity contribution in [3.8, 4) is 0 Å². The highest BCUT2D eigenvalue weighted by Crippen LogP contribution is 2.44. The molecular weight excluding hydrogens is 615 g/mol. The van der Waals surface area contributed by atoms with Crippen molar-refractivity contribution in [2.45, 2.75) is 23.1 Å². The Hall–Kier alpha value is -4.37. The van der Waals surface area contributed by atoms with Gasteiger partial charge in [0.1, 0.15) is 35.5 Å². The Balaban J connectivity index is 1.31. The number of carbonyl (C=O) groups excluding carboxylic acids is 2. The van der Waals surface area contributed by atoms with Gasteiger partial charge in [-0.05, 0) is 0 Å². The number of nitrogens with one attached hydrogen (secondary N) is 1. The van der Waals surface area contributed by atoms with Gasteiger partial charge in [0.2, 0.25) is 16.7 Å². The van der Waals surface area contributed by atoms with Crippen LogP contribution in [0.25, 0.3) is 5.65 Å². The summed E-state index contributed by atoms with van der Waals surface area (Å²) in [6, 6.07) is 0.496. The van der Waals surface area contributed by atoms with Gasteiger partial charge in [-0.25, -0.2) is 14.3 Å². The number of fused-ring (bicyclic) bond motifs is 2. The molecule has 222 valence electrons. The van der Waals surface area contributed by atoms with Crippen molar-refractivity contribution >= 4 is 86.9 Å². The van der Waals surface area contributed by atoms with Gasteiger partial charge in [0.15, 0.2) is 17.4 Å². The average molecular weight is 639 g/mol. The first-order valence-corrected chi connectivity index (χ1v) is 14.8. The van der Waals surface area contributed by atoms with Crippen LogP contribution in [-0.4, -0.2) is 101 Å². The van der Waals surface area contributed by atoms with Gasteiger partial charge in [-0.3, -0.25) is 14.4 Å². The Kier molecular flexibility index (Phi) is 7.72. The van der Waals surface area contributed by atoms with Gasteiger partial charge in [-0.2, -0.15) is 4.98 Å². The molecule has 3 aromatic heterocycles. The standard InChI is InChI=1S/C21H23N11O7S3/c1-39-29-12(8-4-40-19(24)25-8)14(35)27-13-15(36)31-5-21(17(37)38,6-41-16(13)31)7-42-20-26-9(22)2-10-30(3-11(33)34)18(23)28-32(10)20/h2,4,13,16,22H,3,5-7H2,1H3,(H7,23,24,25,27,28,33,34,35,37,38)/p+1/t13?,16-,21?/m1/s1. The third kappa shape index (κ3) is 5.20. The molecular formula is C21H24N11O7S3+. The van der Waals surface area contributed by atoms with Gasteiger partial charge < -0.3 is 42.5 Å². The van der Waals surface area contributed by atoms with Gasteiger partial charge in [0.25, 0.3) is 5.91 Å². The number of hydrogen-bond acceptors (Lipinski definition) is 15. The molecule has 5 rings (SSSR count). The monoisotopic (exact) mass is 638 g/mol. The van der Waals surface area contributed by atoms with Crippen LogP contribution in [-0.2, 0) is 30.6 Å². The highest BCUT2D eigenvalue weighted by molar-refractivity contribution is 8.00. The van der Waals surface area contributed by atoms with Gasteiger partial charge in [0.05, 0.1) is 0 Å². The van der Waals surface area contributed by atoms with E-state index in [9.17, 15) is 29.4 Å². The molecule has 18 nitrogen and oxygen atoms in total. The molecule has 21 heteroatoms. The fourth-order valence-corrected chi connectivity index (χ4v) is 7.81. The molecule has 2 unspecified atom stereocenters. The van der Waals surface area contributed by atoms with Crippen LogP contribution in [0.5, 0.6) is 0 Å². The maximum atomic E-state index is 13.1. The number of β-lactam (4-membered cyclic amide) rings is 1. The van der Waals surface area contributed by atoms with Crippen LogP contribution >= 0.6 is 34.9 Å². The molecule has 0 spiro atoms. The number of thiazole rings is 1. The van der Waals surface area contributed by atoms with E-state index in [1.165, 1.54) is 44.3 Å². The summed E-state index contributed by atoms with van der Waals surface area (Å²) < 4.78 is 2.53. The number of carboxylic acids is 2. The number of nitrogens with zero attached hydrogens (tertiary/aromatic N) is 7. The maximum Gasteiger partial charge on any atom is 0.376 e. The Morgan fingerprint density at radius 2 is 2.07 bits per heavy atom. The predicted octanol–water partition coefficient (Wildman–Crippen LogP) is -2.08. The van der Waals surface area contributed by atoms with E-state index in [1.54, 1.807) is 0 Å². The molecule has 2 saturated heterocycles. The number of thioether (sulfide) groups is 2. The van der Waals surface area contributed by atoms with Gasteiger partial charge in [-0.15, -0.1) is 23.1 Å². The zero-order valence-corrected chi connectivity index (χ0v) is 24.1. The molecule has 2 fully saturated rings. The molecule has 0 saturated carbocycles. The summed E-state index contributed by atoms with van der Waals surface area (Å²) in [5.41, 5.74) is 16.4. The molecule has 2 amide bonds. The van der Waals surface area contributed by atoms with E-state index in [4.69, 9.17) is 22.0 Å². The number of hydrogen-bond donors (Lipinski definition) is 6. The summed E-state index contributed by atoms with van der Waals surface area (Å²) in [6.07, 6.45) is 0. The molecule has 3 atom stereocenters. The summed E-state index contributed by atoms with van der Waals surface area (Å²) in [5.74, 6) is -3.36. The number of oxime groups is 1. The number of anilines is 3. The number of carbonyl (C=O) groups is 4. The Morgan fingerprint density at radius 3 is 2.71 bits per heavy atom. The van der Waals surface area contributed by atoms with Crippen LogP contribution in [0.4, 0.5) is 16.9 Å². The molecule has 2 aliphatic heterocycles. The normalized spacial score (nSPS) is 22.0. The van der Waals surface area contributed by atoms with E-state index < -0.39 is 47.1 Å². The Morgan fingerprint density at radius 1 is 1.31 bits per heavy atom. The molecule has 0 bridgehead atoms. The summed E-state index contributed by atoms with van der Waals surface area (Å²) in [7, 11) is 1.26. The van der Waals surface area contributed by atoms with E-state index in [2.05, 4.69) is 25.5 Å². The topological polar surface area (TPSA) is 271 Å². The van der Waals surface area contributed by atoms with Crippen molar-refractivity contribution in [2.24, 2.45) is 10.6 Å². The van der Waals surface area contributed by atoms with Gasteiger partial charge in [0, 0.05) is 34.6 Å². The van der Waals surface area contributed by atoms with Crippen molar-refractivity contribution in [1.82, 2.24) is 29.8 Å². The first kappa shape index (κ1) is 29.1. The summed E-state index contributed by atoms with van der Waals surface area (Å²) in [4.78, 5) is 64.2. The maximum absolute atomic E-state index is 13.1. The fraction of sp³-hybridized carbons (Fsp3) is 0.381. The number of aliphatic carboxylic acids is 2. The Labute approximate surface area is 248 Å². The van der Waals surface area contributed by atoms with Gasteiger partial charge >= 0.3 is 17.9 Å². The largest absolute Gasteiger partial charge is 0.481 e. The molecule has 9 N–H and O–H groups in total. The second-order valence-corrected chi connectivity index (χ2v) is 12.2. The first-order chi connectivity index (χ1) is 19.9. The lowest BCUT2D eigenvalue weighted by Gasteiger charge is -2.53. The quantitative estimate of drug-likeness (QED) is 0.0347. The second-order valence-electron chi connectivity index (χ2n) is 9.26. The minimum Gasteiger partial charge on any atom is -0.481 e. The van der Waals surface area contributed by atoms with Crippen LogP contribution < -0.4 is 27.1 Å². The molecule has 0 radical (unpaired) electrons. The second kappa shape index (κ2) is 11.1. The first-order valence-electron chi connectivity index (χ1n) is 11.9. The number of carboxylic acid groups (broad SMARTS) is 2. The lowest BCUT2D eigenvalue weighted by molar-refractivity contribution is -0.646. The van der Waals surface area contributed by atoms with E-state index in [0.29, 0.717) is 0 Å². The van der Waals surface area contributed by atoms with E-state index in [1.807, 2.05) is 0 Å². The number of nitrogen functional groups attached to an aromatic ring is 3. The predicted molar refractivity (Wildman–Crippen MR) is 150 cm³/mol. The van der Waals surface area contributed by atoms with Crippen LogP contribution in [0.3, 0.4) is 0 Å². The van der Waals surface area contributed by atoms with Crippen molar-refractivity contribution in [3.05, 3.63) is 17.1 Å². The third-order valence-corrected chi connectivity index (χ3v) is 9.95. The highest BCUT2D eigenvalue weighted by atomic mass is 32.2. The summed E-state index contributed by atoms with van der Waals surface area (Å²) in [5, 5.41) is 31.4. The minimum absolute atomic E-state index is 0.0248. The van der Waals surface area contributed by atoms with Crippen LogP contribution in [0, 0.1) is 5.41 Å². The van der Waals surface area contributed by atoms with Crippen molar-refractivity contribution in [3.63, 3.8) is 0 Å². The average Bonchev–Trinajstić information content (AvgIpc) is 3.50. The Bertz CT molecular complexity index is 1640. The van der Waals surface area contributed by atoms with E-state index >= 15 is 0 Å². The van der Waals surface area contributed by atoms with Crippen molar-refractivity contribution < 1.29 is 38.8 Å². The van der Waals surface area contributed by atoms with Gasteiger partial charge in [-0.1, -0.05) is 21.4 Å². The fourth-order valence-electron chi connectivity index (χ4n) is 4.44. The van der Waals surface area contributed by atoms with Crippen molar-refractivity contribution in [2.75, 3.05) is 42.4 Å². The highest BCUT2D eigenvalue weighted by Gasteiger charge is 2.57.